The molecule has 0 saturated heterocycles. The maximum atomic E-state index is 12.6. The van der Waals surface area contributed by atoms with Crippen molar-refractivity contribution in [2.75, 3.05) is 6.54 Å². The molecule has 7 nitrogen and oxygen atoms in total. The van der Waals surface area contributed by atoms with Gasteiger partial charge in [0.05, 0.1) is 0 Å². The monoisotopic (exact) mass is 673 g/mol. The van der Waals surface area contributed by atoms with E-state index in [9.17, 15) is 19.5 Å². The molecule has 0 aliphatic heterocycles. The number of carboxylic acid groups (broad SMARTS) is 1. The van der Waals surface area contributed by atoms with E-state index in [-0.39, 0.29) is 18.0 Å². The highest BCUT2D eigenvalue weighted by Gasteiger charge is 2.19. The number of rotatable bonds is 34. The van der Waals surface area contributed by atoms with Crippen LogP contribution in [0.5, 0.6) is 0 Å². The third-order valence-corrected chi connectivity index (χ3v) is 8.41. The minimum atomic E-state index is -1.01. The van der Waals surface area contributed by atoms with Gasteiger partial charge in [-0.05, 0) is 96.4 Å². The highest BCUT2D eigenvalue weighted by molar-refractivity contribution is 5.83. The Labute approximate surface area is 294 Å². The largest absolute Gasteiger partial charge is 0.480 e. The SMILES string of the molecule is CC/C=C\C/C=C\C/C=C\C/C=C\CCCCCCCCC(=O)OC(CCCCCC)CCCCCCC(=O)NC(CCCN)C(=O)O. The van der Waals surface area contributed by atoms with Gasteiger partial charge in [0.15, 0.2) is 0 Å². The van der Waals surface area contributed by atoms with E-state index in [1.807, 2.05) is 0 Å². The molecule has 0 aliphatic rings. The Balaban J connectivity index is 4.04. The number of hydrogen-bond acceptors (Lipinski definition) is 5. The smallest absolute Gasteiger partial charge is 0.326 e. The molecule has 0 saturated carbocycles. The van der Waals surface area contributed by atoms with Crippen LogP contribution in [0.4, 0.5) is 0 Å². The van der Waals surface area contributed by atoms with Gasteiger partial charge in [-0.25, -0.2) is 4.79 Å². The van der Waals surface area contributed by atoms with Crippen molar-refractivity contribution in [1.29, 1.82) is 0 Å². The number of amides is 1. The summed E-state index contributed by atoms with van der Waals surface area (Å²) in [7, 11) is 0. The molecule has 0 radical (unpaired) electrons. The van der Waals surface area contributed by atoms with E-state index in [0.29, 0.717) is 32.2 Å². The molecule has 0 spiro atoms. The van der Waals surface area contributed by atoms with Crippen LogP contribution >= 0.6 is 0 Å². The minimum Gasteiger partial charge on any atom is -0.480 e. The highest BCUT2D eigenvalue weighted by atomic mass is 16.5. The Kier molecular flexibility index (Phi) is 33.7. The molecular formula is C41H72N2O5. The lowest BCUT2D eigenvalue weighted by Crippen LogP contribution is -2.40. The first kappa shape index (κ1) is 45.3. The molecule has 0 aliphatic carbocycles. The summed E-state index contributed by atoms with van der Waals surface area (Å²) in [6.07, 6.45) is 41.7. The predicted molar refractivity (Wildman–Crippen MR) is 202 cm³/mol. The van der Waals surface area contributed by atoms with E-state index in [1.165, 1.54) is 44.9 Å². The van der Waals surface area contributed by atoms with E-state index >= 15 is 0 Å². The molecule has 0 aromatic carbocycles. The van der Waals surface area contributed by atoms with Gasteiger partial charge in [-0.15, -0.1) is 0 Å². The van der Waals surface area contributed by atoms with Crippen LogP contribution in [0.3, 0.4) is 0 Å². The summed E-state index contributed by atoms with van der Waals surface area (Å²) in [5.74, 6) is -1.29. The Morgan fingerprint density at radius 3 is 1.73 bits per heavy atom. The average molecular weight is 673 g/mol. The topological polar surface area (TPSA) is 119 Å². The number of carbonyl (C=O) groups excluding carboxylic acids is 2. The van der Waals surface area contributed by atoms with Gasteiger partial charge >= 0.3 is 11.9 Å². The fraction of sp³-hybridized carbons (Fsp3) is 0.732. The number of esters is 1. The van der Waals surface area contributed by atoms with Gasteiger partial charge in [0.2, 0.25) is 5.91 Å². The summed E-state index contributed by atoms with van der Waals surface area (Å²) in [5.41, 5.74) is 5.46. The van der Waals surface area contributed by atoms with Crippen LogP contribution in [0.15, 0.2) is 48.6 Å². The van der Waals surface area contributed by atoms with Crippen molar-refractivity contribution in [2.24, 2.45) is 5.73 Å². The second-order valence-electron chi connectivity index (χ2n) is 13.0. The number of allylic oxidation sites excluding steroid dienone is 8. The maximum absolute atomic E-state index is 12.6. The van der Waals surface area contributed by atoms with Crippen LogP contribution in [-0.4, -0.2) is 41.6 Å². The normalized spacial score (nSPS) is 13.2. The highest BCUT2D eigenvalue weighted by Crippen LogP contribution is 2.18. The zero-order chi connectivity index (χ0) is 35.3. The number of aliphatic carboxylic acids is 1. The molecule has 0 rings (SSSR count). The van der Waals surface area contributed by atoms with Crippen LogP contribution < -0.4 is 11.1 Å². The first-order valence-electron chi connectivity index (χ1n) is 19.5. The van der Waals surface area contributed by atoms with E-state index in [0.717, 1.165) is 89.9 Å². The molecule has 0 aromatic heterocycles. The Bertz CT molecular complexity index is 895. The van der Waals surface area contributed by atoms with Crippen LogP contribution in [0.2, 0.25) is 0 Å². The molecule has 2 atom stereocenters. The summed E-state index contributed by atoms with van der Waals surface area (Å²) >= 11 is 0. The number of hydrogen-bond donors (Lipinski definition) is 3. The van der Waals surface area contributed by atoms with Gasteiger partial charge in [-0.2, -0.15) is 0 Å². The van der Waals surface area contributed by atoms with E-state index < -0.39 is 12.0 Å². The third-order valence-electron chi connectivity index (χ3n) is 8.41. The molecule has 48 heavy (non-hydrogen) atoms. The molecule has 0 heterocycles. The van der Waals surface area contributed by atoms with E-state index in [1.54, 1.807) is 0 Å². The first-order chi connectivity index (χ1) is 23.4. The number of unbranched alkanes of at least 4 members (excludes halogenated alkanes) is 12. The molecule has 1 amide bonds. The molecule has 4 N–H and O–H groups in total. The van der Waals surface area contributed by atoms with Crippen molar-refractivity contribution >= 4 is 17.8 Å². The lowest BCUT2D eigenvalue weighted by molar-refractivity contribution is -0.150. The van der Waals surface area contributed by atoms with E-state index in [2.05, 4.69) is 67.8 Å². The summed E-state index contributed by atoms with van der Waals surface area (Å²) in [6, 6.07) is -0.865. The molecule has 276 valence electrons. The summed E-state index contributed by atoms with van der Waals surface area (Å²) in [6.45, 7) is 4.76. The molecule has 2 unspecified atom stereocenters. The first-order valence-corrected chi connectivity index (χ1v) is 19.5. The maximum Gasteiger partial charge on any atom is 0.326 e. The van der Waals surface area contributed by atoms with Crippen molar-refractivity contribution in [3.05, 3.63) is 48.6 Å². The van der Waals surface area contributed by atoms with Gasteiger partial charge < -0.3 is 20.9 Å². The van der Waals surface area contributed by atoms with Gasteiger partial charge in [0, 0.05) is 12.8 Å². The van der Waals surface area contributed by atoms with Crippen LogP contribution in [-0.2, 0) is 19.1 Å². The van der Waals surface area contributed by atoms with Crippen molar-refractivity contribution in [1.82, 2.24) is 5.32 Å². The Morgan fingerprint density at radius 1 is 0.625 bits per heavy atom. The standard InChI is InChI=1S/C41H72N2O5/c1-3-5-7-9-10-11-12-13-14-15-16-17-18-19-20-21-22-23-29-35-40(45)48-37(31-26-8-6-4-2)32-27-24-25-28-34-39(44)43-38(41(46)47)33-30-36-42/h5,7,10-11,13-14,16-17,37-38H,3-4,6,8-9,12,15,18-36,42H2,1-2H3,(H,43,44)(H,46,47)/b7-5-,11-10-,14-13-,17-16-. The van der Waals surface area contributed by atoms with Gasteiger partial charge in [0.25, 0.3) is 0 Å². The number of carboxylic acids is 1. The zero-order valence-corrected chi connectivity index (χ0v) is 30.8. The molecular weight excluding hydrogens is 600 g/mol. The summed E-state index contributed by atoms with van der Waals surface area (Å²) < 4.78 is 5.93. The van der Waals surface area contributed by atoms with Crippen molar-refractivity contribution in [3.8, 4) is 0 Å². The molecule has 7 heteroatoms. The average Bonchev–Trinajstić information content (AvgIpc) is 3.07. The van der Waals surface area contributed by atoms with Crippen molar-refractivity contribution in [3.63, 3.8) is 0 Å². The Morgan fingerprint density at radius 2 is 1.15 bits per heavy atom. The third kappa shape index (κ3) is 31.9. The lowest BCUT2D eigenvalue weighted by Gasteiger charge is -2.18. The summed E-state index contributed by atoms with van der Waals surface area (Å²) in [4.78, 5) is 36.1. The van der Waals surface area contributed by atoms with Crippen LogP contribution in [0.1, 0.15) is 174 Å². The second-order valence-corrected chi connectivity index (χ2v) is 13.0. The van der Waals surface area contributed by atoms with Gasteiger partial charge in [-0.3, -0.25) is 9.59 Å². The summed E-state index contributed by atoms with van der Waals surface area (Å²) in [5, 5.41) is 11.9. The predicted octanol–water partition coefficient (Wildman–Crippen LogP) is 10.4. The lowest BCUT2D eigenvalue weighted by atomic mass is 10.0. The fourth-order valence-corrected chi connectivity index (χ4v) is 5.50. The van der Waals surface area contributed by atoms with Crippen molar-refractivity contribution < 1.29 is 24.2 Å². The molecule has 0 bridgehead atoms. The van der Waals surface area contributed by atoms with Crippen molar-refractivity contribution in [2.45, 2.75) is 187 Å². The fourth-order valence-electron chi connectivity index (χ4n) is 5.50. The molecule has 0 fully saturated rings. The van der Waals surface area contributed by atoms with Crippen LogP contribution in [0.25, 0.3) is 0 Å². The quantitative estimate of drug-likeness (QED) is 0.0356. The zero-order valence-electron chi connectivity index (χ0n) is 30.8. The van der Waals surface area contributed by atoms with E-state index in [4.69, 9.17) is 10.5 Å². The minimum absolute atomic E-state index is 0.0186. The number of nitrogens with one attached hydrogen (secondary N) is 1. The number of ether oxygens (including phenoxy) is 1. The molecule has 0 aromatic rings. The van der Waals surface area contributed by atoms with Gasteiger partial charge in [0.1, 0.15) is 12.1 Å². The number of nitrogens with two attached hydrogens (primary N) is 1. The number of carbonyl (C=O) groups is 3. The van der Waals surface area contributed by atoms with Crippen LogP contribution in [0, 0.1) is 0 Å². The second kappa shape index (κ2) is 35.6. The Hall–Kier alpha value is -2.67. The van der Waals surface area contributed by atoms with Gasteiger partial charge in [-0.1, -0.05) is 120 Å².